The molecule has 2 aromatic carbocycles. The molecule has 2 atom stereocenters. The van der Waals surface area contributed by atoms with Crippen molar-refractivity contribution in [1.29, 1.82) is 0 Å². The second-order valence-electron chi connectivity index (χ2n) is 6.63. The largest absolute Gasteiger partial charge is 0.329 e. The Morgan fingerprint density at radius 3 is 1.48 bits per heavy atom. The van der Waals surface area contributed by atoms with Gasteiger partial charge >= 0.3 is 12.1 Å². The van der Waals surface area contributed by atoms with Crippen molar-refractivity contribution in [2.24, 2.45) is 5.41 Å². The van der Waals surface area contributed by atoms with E-state index in [0.717, 1.165) is 12.1 Å². The third-order valence-electron chi connectivity index (χ3n) is 5.10. The van der Waals surface area contributed by atoms with Crippen LogP contribution in [0.4, 0.5) is 18.4 Å². The molecule has 0 radical (unpaired) electrons. The van der Waals surface area contributed by atoms with Crippen LogP contribution >= 0.6 is 0 Å². The smallest absolute Gasteiger partial charge is 0.328 e. The van der Waals surface area contributed by atoms with Crippen molar-refractivity contribution in [1.82, 2.24) is 21.3 Å². The Morgan fingerprint density at radius 2 is 1.07 bits per heavy atom. The quantitative estimate of drug-likeness (QED) is 0.571. The lowest BCUT2D eigenvalue weighted by Crippen LogP contribution is -2.73. The summed E-state index contributed by atoms with van der Waals surface area (Å²) in [5, 5.41) is 8.72. The molecule has 2 aliphatic heterocycles. The fraction of sp³-hybridized carbons (Fsp3) is 0.158. The maximum atomic E-state index is 14.6. The molecule has 8 nitrogen and oxygen atoms in total. The first-order chi connectivity index (χ1) is 13.9. The average Bonchev–Trinajstić information content (AvgIpc) is 2.67. The van der Waals surface area contributed by atoms with Gasteiger partial charge in [0.05, 0.1) is 12.1 Å². The molecule has 2 unspecified atom stereocenters. The van der Waals surface area contributed by atoms with Crippen LogP contribution in [-0.4, -0.2) is 23.9 Å². The van der Waals surface area contributed by atoms with E-state index in [1.54, 1.807) is 0 Å². The number of urea groups is 2. The van der Waals surface area contributed by atoms with E-state index in [0.29, 0.717) is 0 Å². The number of hydrogen-bond acceptors (Lipinski definition) is 4. The first kappa shape index (κ1) is 18.5. The predicted molar refractivity (Wildman–Crippen MR) is 94.1 cm³/mol. The molecule has 0 saturated carbocycles. The number of benzene rings is 2. The van der Waals surface area contributed by atoms with Gasteiger partial charge in [-0.2, -0.15) is 0 Å². The summed E-state index contributed by atoms with van der Waals surface area (Å²) in [6.07, 6.45) is 0. The fourth-order valence-electron chi connectivity index (χ4n) is 3.83. The topological polar surface area (TPSA) is 116 Å². The minimum atomic E-state index is -2.29. The van der Waals surface area contributed by atoms with Gasteiger partial charge in [0.1, 0.15) is 11.6 Å². The van der Waals surface area contributed by atoms with E-state index in [4.69, 9.17) is 0 Å². The van der Waals surface area contributed by atoms with Gasteiger partial charge in [0.25, 0.3) is 0 Å². The first-order valence-electron chi connectivity index (χ1n) is 8.58. The van der Waals surface area contributed by atoms with Gasteiger partial charge in [-0.15, -0.1) is 0 Å². The Bertz CT molecular complexity index is 979. The SMILES string of the molecule is O=C1NC(=O)C2(C(=O)N1)C(c1ccccc1F)NC(=O)NC2c1ccccc1F. The summed E-state index contributed by atoms with van der Waals surface area (Å²) in [5.41, 5.74) is -2.61. The number of hydrogen-bond donors (Lipinski definition) is 4. The lowest BCUT2D eigenvalue weighted by atomic mass is 9.65. The zero-order valence-corrected chi connectivity index (χ0v) is 14.7. The molecule has 2 saturated heterocycles. The molecule has 29 heavy (non-hydrogen) atoms. The lowest BCUT2D eigenvalue weighted by Gasteiger charge is -2.48. The zero-order chi connectivity index (χ0) is 20.8. The second kappa shape index (κ2) is 6.66. The van der Waals surface area contributed by atoms with Crippen LogP contribution in [0.15, 0.2) is 48.5 Å². The number of nitrogens with one attached hydrogen (secondary N) is 4. The standard InChI is InChI=1S/C19H14F2N4O4/c20-11-7-3-1-5-9(11)13-19(15(26)24-18(29)25-16(19)27)14(23-17(28)22-13)10-6-2-4-8-12(10)21/h1-8,13-14H,(H2,22,23,28)(H2,24,25,26,27,29). The lowest BCUT2D eigenvalue weighted by molar-refractivity contribution is -0.150. The van der Waals surface area contributed by atoms with Crippen molar-refractivity contribution < 1.29 is 28.0 Å². The van der Waals surface area contributed by atoms with Gasteiger partial charge in [-0.3, -0.25) is 20.2 Å². The molecule has 1 spiro atoms. The summed E-state index contributed by atoms with van der Waals surface area (Å²) in [5.74, 6) is -3.77. The van der Waals surface area contributed by atoms with Crippen LogP contribution in [0.3, 0.4) is 0 Å². The second-order valence-corrected chi connectivity index (χ2v) is 6.63. The maximum absolute atomic E-state index is 14.6. The fourth-order valence-corrected chi connectivity index (χ4v) is 3.83. The molecule has 6 amide bonds. The number of amides is 6. The van der Waals surface area contributed by atoms with Crippen LogP contribution in [0.25, 0.3) is 0 Å². The molecule has 4 rings (SSSR count). The van der Waals surface area contributed by atoms with E-state index >= 15 is 0 Å². The van der Waals surface area contributed by atoms with E-state index in [1.165, 1.54) is 36.4 Å². The molecular formula is C19H14F2N4O4. The van der Waals surface area contributed by atoms with Gasteiger partial charge in [-0.05, 0) is 12.1 Å². The Labute approximate surface area is 162 Å². The van der Waals surface area contributed by atoms with E-state index in [1.807, 2.05) is 10.6 Å². The molecule has 10 heteroatoms. The first-order valence-corrected chi connectivity index (χ1v) is 8.58. The summed E-state index contributed by atoms with van der Waals surface area (Å²) in [6.45, 7) is 0. The van der Waals surface area contributed by atoms with Crippen molar-refractivity contribution in [3.05, 3.63) is 71.3 Å². The normalized spacial score (nSPS) is 23.1. The summed E-state index contributed by atoms with van der Waals surface area (Å²) in [6, 6.07) is 5.55. The summed E-state index contributed by atoms with van der Waals surface area (Å²) < 4.78 is 29.2. The van der Waals surface area contributed by atoms with Crippen molar-refractivity contribution in [2.45, 2.75) is 12.1 Å². The highest BCUT2D eigenvalue weighted by atomic mass is 19.1. The third kappa shape index (κ3) is 2.72. The molecule has 2 fully saturated rings. The summed E-state index contributed by atoms with van der Waals surface area (Å²) >= 11 is 0. The van der Waals surface area contributed by atoms with Crippen LogP contribution < -0.4 is 21.3 Å². The Balaban J connectivity index is 2.00. The number of carbonyl (C=O) groups is 4. The van der Waals surface area contributed by atoms with Crippen LogP contribution in [0, 0.1) is 17.0 Å². The molecule has 148 valence electrons. The minimum absolute atomic E-state index is 0.164. The molecular weight excluding hydrogens is 386 g/mol. The number of imide groups is 2. The number of rotatable bonds is 2. The molecule has 2 aliphatic rings. The van der Waals surface area contributed by atoms with E-state index < -0.39 is 53.0 Å². The van der Waals surface area contributed by atoms with Crippen molar-refractivity contribution in [2.75, 3.05) is 0 Å². The van der Waals surface area contributed by atoms with E-state index in [9.17, 15) is 28.0 Å². The van der Waals surface area contributed by atoms with Gasteiger partial charge in [-0.25, -0.2) is 18.4 Å². The molecule has 4 N–H and O–H groups in total. The summed E-state index contributed by atoms with van der Waals surface area (Å²) in [4.78, 5) is 50.2. The minimum Gasteiger partial charge on any atom is -0.329 e. The third-order valence-corrected chi connectivity index (χ3v) is 5.10. The number of halogens is 2. The Kier molecular flexibility index (Phi) is 4.26. The molecule has 2 heterocycles. The number of carbonyl (C=O) groups excluding carboxylic acids is 4. The van der Waals surface area contributed by atoms with E-state index in [-0.39, 0.29) is 11.1 Å². The van der Waals surface area contributed by atoms with Crippen LogP contribution in [0.5, 0.6) is 0 Å². The van der Waals surface area contributed by atoms with Crippen LogP contribution in [-0.2, 0) is 9.59 Å². The summed E-state index contributed by atoms with van der Waals surface area (Å²) in [7, 11) is 0. The molecule has 0 aliphatic carbocycles. The highest BCUT2D eigenvalue weighted by Crippen LogP contribution is 2.49. The highest BCUT2D eigenvalue weighted by Gasteiger charge is 2.65. The monoisotopic (exact) mass is 400 g/mol. The van der Waals surface area contributed by atoms with Crippen molar-refractivity contribution in [3.8, 4) is 0 Å². The van der Waals surface area contributed by atoms with Gasteiger partial charge in [0.2, 0.25) is 11.8 Å². The molecule has 0 aromatic heterocycles. The van der Waals surface area contributed by atoms with Crippen molar-refractivity contribution >= 4 is 23.9 Å². The average molecular weight is 400 g/mol. The molecule has 2 aromatic rings. The maximum Gasteiger partial charge on any atom is 0.328 e. The van der Waals surface area contributed by atoms with Crippen LogP contribution in [0.1, 0.15) is 23.2 Å². The predicted octanol–water partition coefficient (Wildman–Crippen LogP) is 1.41. The highest BCUT2D eigenvalue weighted by molar-refractivity contribution is 6.21. The Morgan fingerprint density at radius 1 is 0.655 bits per heavy atom. The van der Waals surface area contributed by atoms with Gasteiger partial charge in [-0.1, -0.05) is 36.4 Å². The van der Waals surface area contributed by atoms with Gasteiger partial charge < -0.3 is 10.6 Å². The van der Waals surface area contributed by atoms with Crippen molar-refractivity contribution in [3.63, 3.8) is 0 Å². The van der Waals surface area contributed by atoms with Crippen LogP contribution in [0.2, 0.25) is 0 Å². The Hall–Kier alpha value is -3.82. The van der Waals surface area contributed by atoms with Gasteiger partial charge in [0, 0.05) is 11.1 Å². The van der Waals surface area contributed by atoms with Gasteiger partial charge in [0.15, 0.2) is 5.41 Å². The molecule has 0 bridgehead atoms. The number of barbiturate groups is 1. The van der Waals surface area contributed by atoms with E-state index in [2.05, 4.69) is 10.6 Å². The zero-order valence-electron chi connectivity index (χ0n) is 14.7.